The van der Waals surface area contributed by atoms with Crippen LogP contribution >= 0.6 is 0 Å². The maximum absolute atomic E-state index is 13.1. The first-order chi connectivity index (χ1) is 11.8. The molecule has 1 amide bonds. The van der Waals surface area contributed by atoms with Gasteiger partial charge in [-0.3, -0.25) is 4.79 Å². The van der Waals surface area contributed by atoms with Crippen LogP contribution in [-0.4, -0.2) is 46.8 Å². The zero-order chi connectivity index (χ0) is 16.1. The van der Waals surface area contributed by atoms with Crippen molar-refractivity contribution in [1.82, 2.24) is 20.0 Å². The first-order valence-corrected chi connectivity index (χ1v) is 8.94. The highest BCUT2D eigenvalue weighted by atomic mass is 16.2. The Morgan fingerprint density at radius 3 is 2.46 bits per heavy atom. The molecule has 1 aromatic heterocycles. The molecule has 5 heteroatoms. The molecular formula is C19H22N4O. The van der Waals surface area contributed by atoms with Crippen molar-refractivity contribution in [3.05, 3.63) is 47.8 Å². The third kappa shape index (κ3) is 2.26. The summed E-state index contributed by atoms with van der Waals surface area (Å²) in [6.45, 7) is 3.87. The Hall–Kier alpha value is -2.14. The topological polar surface area (TPSA) is 50.2 Å². The van der Waals surface area contributed by atoms with E-state index >= 15 is 0 Å². The van der Waals surface area contributed by atoms with Crippen molar-refractivity contribution in [2.24, 2.45) is 11.8 Å². The summed E-state index contributed by atoms with van der Waals surface area (Å²) in [7, 11) is 0. The summed E-state index contributed by atoms with van der Waals surface area (Å²) in [5.74, 6) is 1.91. The average molecular weight is 322 g/mol. The molecule has 0 unspecified atom stereocenters. The minimum absolute atomic E-state index is 0.175. The molecule has 2 saturated heterocycles. The maximum Gasteiger partial charge on any atom is 0.257 e. The molecule has 3 aliphatic rings. The van der Waals surface area contributed by atoms with Gasteiger partial charge in [-0.15, -0.1) is 0 Å². The Kier molecular flexibility index (Phi) is 3.23. The number of rotatable bonds is 3. The van der Waals surface area contributed by atoms with Crippen molar-refractivity contribution in [3.63, 3.8) is 0 Å². The first kappa shape index (κ1) is 14.2. The van der Waals surface area contributed by atoms with Crippen molar-refractivity contribution < 1.29 is 4.79 Å². The number of para-hydroxylation sites is 1. The Morgan fingerprint density at radius 2 is 1.79 bits per heavy atom. The fourth-order valence-corrected chi connectivity index (χ4v) is 4.24. The van der Waals surface area contributed by atoms with Crippen molar-refractivity contribution >= 4 is 5.91 Å². The molecule has 1 aliphatic carbocycles. The summed E-state index contributed by atoms with van der Waals surface area (Å²) < 4.78 is 1.98. The largest absolute Gasteiger partial charge is 0.338 e. The predicted octanol–water partition coefficient (Wildman–Crippen LogP) is 2.04. The second-order valence-corrected chi connectivity index (χ2v) is 7.35. The van der Waals surface area contributed by atoms with Gasteiger partial charge in [0, 0.05) is 32.1 Å². The number of benzene rings is 1. The van der Waals surface area contributed by atoms with Gasteiger partial charge in [0.25, 0.3) is 5.91 Å². The van der Waals surface area contributed by atoms with Crippen molar-refractivity contribution in [2.45, 2.75) is 18.8 Å². The van der Waals surface area contributed by atoms with Crippen LogP contribution in [0.5, 0.6) is 0 Å². The molecule has 2 aliphatic heterocycles. The lowest BCUT2D eigenvalue weighted by Crippen LogP contribution is -2.32. The van der Waals surface area contributed by atoms with Crippen LogP contribution in [0.2, 0.25) is 0 Å². The second kappa shape index (κ2) is 5.45. The van der Waals surface area contributed by atoms with Crippen LogP contribution in [0.4, 0.5) is 0 Å². The quantitative estimate of drug-likeness (QED) is 0.941. The molecule has 1 saturated carbocycles. The van der Waals surface area contributed by atoms with Gasteiger partial charge in [-0.2, -0.15) is 5.10 Å². The summed E-state index contributed by atoms with van der Waals surface area (Å²) in [4.78, 5) is 15.2. The van der Waals surface area contributed by atoms with E-state index in [2.05, 4.69) is 27.4 Å². The summed E-state index contributed by atoms with van der Waals surface area (Å²) in [6, 6.07) is 10.2. The number of nitrogens with one attached hydrogen (secondary N) is 1. The van der Waals surface area contributed by atoms with Gasteiger partial charge >= 0.3 is 0 Å². The summed E-state index contributed by atoms with van der Waals surface area (Å²) in [5, 5.41) is 8.00. The number of aromatic nitrogens is 2. The molecule has 1 N–H and O–H groups in total. The van der Waals surface area contributed by atoms with Crippen LogP contribution in [0.15, 0.2) is 36.5 Å². The molecule has 0 bridgehead atoms. The third-order valence-corrected chi connectivity index (χ3v) is 5.68. The van der Waals surface area contributed by atoms with Crippen LogP contribution < -0.4 is 5.32 Å². The third-order valence-electron chi connectivity index (χ3n) is 5.68. The van der Waals surface area contributed by atoms with Gasteiger partial charge in [0.15, 0.2) is 0 Å². The first-order valence-electron chi connectivity index (χ1n) is 8.94. The molecule has 0 spiro atoms. The highest BCUT2D eigenvalue weighted by molar-refractivity contribution is 5.95. The van der Waals surface area contributed by atoms with Crippen molar-refractivity contribution in [3.8, 4) is 5.69 Å². The Labute approximate surface area is 141 Å². The van der Waals surface area contributed by atoms with E-state index < -0.39 is 0 Å². The Bertz CT molecular complexity index is 753. The zero-order valence-electron chi connectivity index (χ0n) is 13.7. The smallest absolute Gasteiger partial charge is 0.257 e. The lowest BCUT2D eigenvalue weighted by molar-refractivity contribution is 0.0780. The summed E-state index contributed by atoms with van der Waals surface area (Å²) in [6.07, 6.45) is 4.11. The van der Waals surface area contributed by atoms with E-state index in [9.17, 15) is 4.79 Å². The molecule has 1 aromatic carbocycles. The molecule has 24 heavy (non-hydrogen) atoms. The van der Waals surface area contributed by atoms with E-state index in [0.29, 0.717) is 17.8 Å². The van der Waals surface area contributed by atoms with E-state index in [4.69, 9.17) is 0 Å². The summed E-state index contributed by atoms with van der Waals surface area (Å²) >= 11 is 0. The molecule has 2 aromatic rings. The summed E-state index contributed by atoms with van der Waals surface area (Å²) in [5.41, 5.74) is 2.97. The van der Waals surface area contributed by atoms with Crippen molar-refractivity contribution in [1.29, 1.82) is 0 Å². The minimum atomic E-state index is 0.175. The number of nitrogens with zero attached hydrogens (tertiary/aromatic N) is 3. The van der Waals surface area contributed by atoms with E-state index in [1.807, 2.05) is 22.9 Å². The number of amides is 1. The number of likely N-dealkylation sites (tertiary alicyclic amines) is 1. The molecule has 5 nitrogen and oxygen atoms in total. The molecular weight excluding hydrogens is 300 g/mol. The van der Waals surface area contributed by atoms with Crippen molar-refractivity contribution in [2.75, 3.05) is 26.2 Å². The van der Waals surface area contributed by atoms with E-state index in [1.54, 1.807) is 6.20 Å². The van der Waals surface area contributed by atoms with Gasteiger partial charge in [-0.05, 0) is 36.8 Å². The highest BCUT2D eigenvalue weighted by Gasteiger charge is 2.40. The number of carbonyl (C=O) groups excluding carboxylic acids is 1. The van der Waals surface area contributed by atoms with Gasteiger partial charge in [0.2, 0.25) is 0 Å². The van der Waals surface area contributed by atoms with E-state index in [-0.39, 0.29) is 5.91 Å². The normalized spacial score (nSPS) is 25.9. The fraction of sp³-hybridized carbons (Fsp3) is 0.474. The molecule has 2 atom stereocenters. The van der Waals surface area contributed by atoms with Gasteiger partial charge in [-0.1, -0.05) is 18.2 Å². The second-order valence-electron chi connectivity index (χ2n) is 7.35. The zero-order valence-corrected chi connectivity index (χ0v) is 13.7. The standard InChI is InChI=1S/C19H22N4O/c24-19(22-11-14-8-20-9-15(14)12-22)17-10-21-23(18(17)13-6-7-13)16-4-2-1-3-5-16/h1-5,10,13-15,20H,6-9,11-12H2/t14-,15+. The van der Waals surface area contributed by atoms with Gasteiger partial charge < -0.3 is 10.2 Å². The Morgan fingerprint density at radius 1 is 1.08 bits per heavy atom. The highest BCUT2D eigenvalue weighted by Crippen LogP contribution is 2.43. The molecule has 3 heterocycles. The van der Waals surface area contributed by atoms with Gasteiger partial charge in [0.05, 0.1) is 23.1 Å². The van der Waals surface area contributed by atoms with Crippen LogP contribution in [0.3, 0.4) is 0 Å². The average Bonchev–Trinajstić information content (AvgIpc) is 3.03. The number of hydrogen-bond donors (Lipinski definition) is 1. The molecule has 124 valence electrons. The SMILES string of the molecule is O=C(c1cnn(-c2ccccc2)c1C1CC1)N1C[C@H]2CNC[C@H]2C1. The van der Waals surface area contributed by atoms with Crippen LogP contribution in [0.1, 0.15) is 34.8 Å². The lowest BCUT2D eigenvalue weighted by Gasteiger charge is -2.18. The lowest BCUT2D eigenvalue weighted by atomic mass is 10.0. The Balaban J connectivity index is 1.48. The fourth-order valence-electron chi connectivity index (χ4n) is 4.24. The minimum Gasteiger partial charge on any atom is -0.338 e. The number of hydrogen-bond acceptors (Lipinski definition) is 3. The van der Waals surface area contributed by atoms with Crippen LogP contribution in [0.25, 0.3) is 5.69 Å². The van der Waals surface area contributed by atoms with Crippen LogP contribution in [-0.2, 0) is 0 Å². The molecule has 3 fully saturated rings. The van der Waals surface area contributed by atoms with Crippen LogP contribution in [0, 0.1) is 11.8 Å². The predicted molar refractivity (Wildman–Crippen MR) is 91.3 cm³/mol. The number of carbonyl (C=O) groups is 1. The monoisotopic (exact) mass is 322 g/mol. The number of fused-ring (bicyclic) bond motifs is 1. The maximum atomic E-state index is 13.1. The van der Waals surface area contributed by atoms with Gasteiger partial charge in [-0.25, -0.2) is 4.68 Å². The van der Waals surface area contributed by atoms with Gasteiger partial charge in [0.1, 0.15) is 0 Å². The molecule has 5 rings (SSSR count). The molecule has 0 radical (unpaired) electrons. The van der Waals surface area contributed by atoms with E-state index in [1.165, 1.54) is 0 Å². The van der Waals surface area contributed by atoms with E-state index in [0.717, 1.165) is 56.0 Å².